The zero-order valence-electron chi connectivity index (χ0n) is 22.1. The lowest BCUT2D eigenvalue weighted by Crippen LogP contribution is -2.55. The van der Waals surface area contributed by atoms with E-state index >= 15 is 0 Å². The molecule has 40 heavy (non-hydrogen) atoms. The molecule has 1 saturated carbocycles. The first-order chi connectivity index (χ1) is 18.9. The number of hydrogen-bond acceptors (Lipinski definition) is 3. The summed E-state index contributed by atoms with van der Waals surface area (Å²) in [5.41, 5.74) is 3.20. The van der Waals surface area contributed by atoms with Crippen LogP contribution in [0.25, 0.3) is 0 Å². The minimum atomic E-state index is -4.68. The number of nitrogens with one attached hydrogen (secondary N) is 1. The second-order valence-corrected chi connectivity index (χ2v) is 10.9. The molecule has 1 saturated heterocycles. The summed E-state index contributed by atoms with van der Waals surface area (Å²) in [6.45, 7) is 6.09. The Morgan fingerprint density at radius 2 is 1.65 bits per heavy atom. The van der Waals surface area contributed by atoms with E-state index in [4.69, 9.17) is 34.7 Å². The smallest absolute Gasteiger partial charge is 0.331 e. The van der Waals surface area contributed by atoms with E-state index in [1.807, 2.05) is 62.1 Å². The van der Waals surface area contributed by atoms with Gasteiger partial charge in [0, 0.05) is 17.1 Å². The summed E-state index contributed by atoms with van der Waals surface area (Å²) < 4.78 is 40.6. The van der Waals surface area contributed by atoms with E-state index in [9.17, 15) is 13.2 Å². The van der Waals surface area contributed by atoms with Crippen molar-refractivity contribution in [2.45, 2.75) is 51.7 Å². The summed E-state index contributed by atoms with van der Waals surface area (Å²) in [6.07, 6.45) is -2.13. The summed E-state index contributed by atoms with van der Waals surface area (Å²) in [7, 11) is 0. The molecule has 0 aromatic heterocycles. The van der Waals surface area contributed by atoms with E-state index in [2.05, 4.69) is 16.3 Å². The number of nitriles is 1. The minimum absolute atomic E-state index is 0.00139. The summed E-state index contributed by atoms with van der Waals surface area (Å²) >= 11 is 11.7. The number of aliphatic imine (C=N–C) groups is 1. The number of halogens is 3. The van der Waals surface area contributed by atoms with Crippen LogP contribution in [0.1, 0.15) is 47.1 Å². The van der Waals surface area contributed by atoms with E-state index < -0.39 is 22.8 Å². The highest BCUT2D eigenvalue weighted by Gasteiger charge is 2.58. The van der Waals surface area contributed by atoms with Crippen molar-refractivity contribution >= 4 is 57.6 Å². The van der Waals surface area contributed by atoms with Gasteiger partial charge in [0.15, 0.2) is 10.2 Å². The normalized spacial score (nSPS) is 17.2. The lowest BCUT2D eigenvalue weighted by molar-refractivity contribution is -0.137. The molecule has 0 radical (unpaired) electrons. The molecule has 0 atom stereocenters. The van der Waals surface area contributed by atoms with Gasteiger partial charge < -0.3 is 10.2 Å². The Labute approximate surface area is 241 Å². The minimum Gasteiger partial charge on any atom is -0.331 e. The lowest BCUT2D eigenvalue weighted by Gasteiger charge is -2.44. The van der Waals surface area contributed by atoms with Crippen LogP contribution in [0, 0.1) is 32.1 Å². The van der Waals surface area contributed by atoms with E-state index in [0.29, 0.717) is 10.9 Å². The number of nitrogens with zero attached hydrogens (tertiary/aromatic N) is 4. The van der Waals surface area contributed by atoms with Crippen LogP contribution in [0.3, 0.4) is 0 Å². The molecule has 1 N–H and O–H groups in total. The van der Waals surface area contributed by atoms with Crippen molar-refractivity contribution in [1.29, 1.82) is 5.26 Å². The van der Waals surface area contributed by atoms with Crippen molar-refractivity contribution in [1.82, 2.24) is 0 Å². The SMILES string of the molecule is Cc1ccc(N2C(=S)N(c3ccc(C)c(C)c3)/C(=N/C(=S)Nc3ccc(C#N)c(C(F)(F)F)c3)C23CCC3)cc1. The molecule has 1 spiro atoms. The number of rotatable bonds is 3. The Morgan fingerprint density at radius 1 is 0.975 bits per heavy atom. The molecule has 2 aliphatic rings. The highest BCUT2D eigenvalue weighted by atomic mass is 32.1. The summed E-state index contributed by atoms with van der Waals surface area (Å²) in [5, 5.41) is 12.5. The van der Waals surface area contributed by atoms with E-state index in [1.54, 1.807) is 6.07 Å². The maximum absolute atomic E-state index is 13.5. The standard InChI is InChI=1S/C30H26F3N5S2/c1-18-5-10-23(11-6-18)38-28(40)37(24-12-7-19(2)20(3)15-24)26(29(38)13-4-14-29)36-27(39)35-22-9-8-21(17-34)25(16-22)30(31,32)33/h5-12,15-16H,4,13-14H2,1-3H3,(H,35,39)/b36-26+. The summed E-state index contributed by atoms with van der Waals surface area (Å²) in [5.74, 6) is 0.634. The second kappa shape index (κ2) is 10.3. The first kappa shape index (κ1) is 27.7. The molecule has 3 aromatic carbocycles. The first-order valence-electron chi connectivity index (χ1n) is 12.7. The van der Waals surface area contributed by atoms with E-state index in [1.165, 1.54) is 6.07 Å². The molecule has 5 rings (SSSR count). The van der Waals surface area contributed by atoms with Crippen LogP contribution in [-0.2, 0) is 6.18 Å². The third-order valence-corrected chi connectivity index (χ3v) is 8.12. The number of benzene rings is 3. The van der Waals surface area contributed by atoms with Crippen LogP contribution in [0.4, 0.5) is 30.2 Å². The lowest BCUT2D eigenvalue weighted by atomic mass is 9.74. The van der Waals surface area contributed by atoms with Crippen molar-refractivity contribution in [3.63, 3.8) is 0 Å². The predicted octanol–water partition coefficient (Wildman–Crippen LogP) is 7.83. The third-order valence-electron chi connectivity index (χ3n) is 7.56. The molecule has 2 fully saturated rings. The molecule has 204 valence electrons. The maximum atomic E-state index is 13.5. The molecule has 10 heteroatoms. The molecule has 1 heterocycles. The fourth-order valence-electron chi connectivity index (χ4n) is 5.15. The molecular formula is C30H26F3N5S2. The average molecular weight is 578 g/mol. The topological polar surface area (TPSA) is 54.7 Å². The number of amidine groups is 1. The molecule has 1 aliphatic carbocycles. The Kier molecular flexibility index (Phi) is 7.15. The van der Waals surface area contributed by atoms with Crippen molar-refractivity contribution in [2.24, 2.45) is 4.99 Å². The van der Waals surface area contributed by atoms with Gasteiger partial charge in [-0.3, -0.25) is 4.90 Å². The van der Waals surface area contributed by atoms with Crippen LogP contribution < -0.4 is 15.1 Å². The van der Waals surface area contributed by atoms with Crippen LogP contribution in [0.2, 0.25) is 0 Å². The molecule has 5 nitrogen and oxygen atoms in total. The molecule has 0 unspecified atom stereocenters. The Bertz CT molecular complexity index is 1580. The highest BCUT2D eigenvalue weighted by molar-refractivity contribution is 7.81. The predicted molar refractivity (Wildman–Crippen MR) is 161 cm³/mol. The number of anilines is 3. The maximum Gasteiger partial charge on any atom is 0.417 e. The van der Waals surface area contributed by atoms with Gasteiger partial charge in [-0.05, 0) is 118 Å². The van der Waals surface area contributed by atoms with Crippen molar-refractivity contribution in [3.8, 4) is 6.07 Å². The quantitative estimate of drug-likeness (QED) is 0.320. The van der Waals surface area contributed by atoms with Gasteiger partial charge in [-0.15, -0.1) is 0 Å². The zero-order chi connectivity index (χ0) is 28.8. The van der Waals surface area contributed by atoms with E-state index in [-0.39, 0.29) is 10.8 Å². The van der Waals surface area contributed by atoms with Crippen molar-refractivity contribution in [3.05, 3.63) is 88.5 Å². The van der Waals surface area contributed by atoms with Gasteiger partial charge in [0.1, 0.15) is 11.4 Å². The fourth-order valence-corrected chi connectivity index (χ4v) is 5.82. The summed E-state index contributed by atoms with van der Waals surface area (Å²) in [4.78, 5) is 8.88. The van der Waals surface area contributed by atoms with Gasteiger partial charge in [-0.2, -0.15) is 18.4 Å². The monoisotopic (exact) mass is 577 g/mol. The number of alkyl halides is 3. The molecule has 0 amide bonds. The van der Waals surface area contributed by atoms with Gasteiger partial charge in [-0.25, -0.2) is 4.99 Å². The zero-order valence-corrected chi connectivity index (χ0v) is 23.8. The van der Waals surface area contributed by atoms with Crippen LogP contribution >= 0.6 is 24.4 Å². The molecule has 0 bridgehead atoms. The number of thiocarbonyl (C=S) groups is 2. The summed E-state index contributed by atoms with van der Waals surface area (Å²) in [6, 6.07) is 19.2. The molecular weight excluding hydrogens is 551 g/mol. The van der Waals surface area contributed by atoms with Crippen LogP contribution in [-0.4, -0.2) is 21.6 Å². The Balaban J connectivity index is 1.59. The van der Waals surface area contributed by atoms with Gasteiger partial charge in [0.05, 0.1) is 17.2 Å². The number of aryl methyl sites for hydroxylation is 3. The highest BCUT2D eigenvalue weighted by Crippen LogP contribution is 2.48. The average Bonchev–Trinajstić information content (AvgIpc) is 3.13. The first-order valence-corrected chi connectivity index (χ1v) is 13.6. The van der Waals surface area contributed by atoms with Gasteiger partial charge in [0.25, 0.3) is 0 Å². The van der Waals surface area contributed by atoms with Gasteiger partial charge in [0.2, 0.25) is 0 Å². The van der Waals surface area contributed by atoms with Crippen molar-refractivity contribution in [2.75, 3.05) is 15.1 Å². The Hall–Kier alpha value is -3.81. The van der Waals surface area contributed by atoms with Crippen molar-refractivity contribution < 1.29 is 13.2 Å². The van der Waals surface area contributed by atoms with Crippen LogP contribution in [0.15, 0.2) is 65.7 Å². The van der Waals surface area contributed by atoms with Crippen LogP contribution in [0.5, 0.6) is 0 Å². The Morgan fingerprint density at radius 3 is 2.23 bits per heavy atom. The third kappa shape index (κ3) is 4.84. The van der Waals surface area contributed by atoms with E-state index in [0.717, 1.165) is 59.5 Å². The molecule has 1 aliphatic heterocycles. The van der Waals surface area contributed by atoms with Gasteiger partial charge in [-0.1, -0.05) is 23.8 Å². The van der Waals surface area contributed by atoms with Gasteiger partial charge >= 0.3 is 6.18 Å². The number of hydrogen-bond donors (Lipinski definition) is 1. The second-order valence-electron chi connectivity index (χ2n) is 10.2. The molecule has 3 aromatic rings. The largest absolute Gasteiger partial charge is 0.417 e. The fraction of sp³-hybridized carbons (Fsp3) is 0.267.